The summed E-state index contributed by atoms with van der Waals surface area (Å²) < 4.78 is 6.07. The van der Waals surface area contributed by atoms with Gasteiger partial charge in [-0.2, -0.15) is 0 Å². The van der Waals surface area contributed by atoms with Gasteiger partial charge in [0.1, 0.15) is 0 Å². The fourth-order valence-electron chi connectivity index (χ4n) is 2.16. The minimum absolute atomic E-state index is 0.0216. The third-order valence-electron chi connectivity index (χ3n) is 3.83. The molecule has 2 N–H and O–H groups in total. The molecule has 0 aliphatic heterocycles. The Hall–Kier alpha value is -1.03. The highest BCUT2D eigenvalue weighted by atomic mass is 79.9. The maximum atomic E-state index is 12.4. The molecule has 112 valence electrons. The number of anilines is 1. The lowest BCUT2D eigenvalue weighted by Crippen LogP contribution is -2.31. The summed E-state index contributed by atoms with van der Waals surface area (Å²) in [7, 11) is 0. The molecule has 0 fully saturated rings. The number of rotatable bonds is 4. The monoisotopic (exact) mass is 341 g/mol. The number of benzene rings is 1. The van der Waals surface area contributed by atoms with Crippen molar-refractivity contribution in [2.75, 3.05) is 12.3 Å². The molecule has 0 saturated carbocycles. The Kier molecular flexibility index (Phi) is 5.63. The zero-order valence-corrected chi connectivity index (χ0v) is 14.5. The van der Waals surface area contributed by atoms with E-state index in [4.69, 9.17) is 10.5 Å². The third-order valence-corrected chi connectivity index (χ3v) is 4.52. The highest BCUT2D eigenvalue weighted by Gasteiger charge is 2.36. The van der Waals surface area contributed by atoms with Gasteiger partial charge in [0.25, 0.3) is 0 Å². The van der Waals surface area contributed by atoms with Crippen LogP contribution in [0.25, 0.3) is 0 Å². The van der Waals surface area contributed by atoms with Gasteiger partial charge in [-0.15, -0.1) is 0 Å². The van der Waals surface area contributed by atoms with Crippen LogP contribution >= 0.6 is 15.9 Å². The molecular weight excluding hydrogens is 318 g/mol. The maximum Gasteiger partial charge on any atom is 0.313 e. The molecule has 3 nitrogen and oxygen atoms in total. The zero-order chi connectivity index (χ0) is 15.5. The van der Waals surface area contributed by atoms with Gasteiger partial charge in [-0.25, -0.2) is 0 Å². The molecule has 0 aliphatic rings. The first kappa shape index (κ1) is 17.0. The van der Waals surface area contributed by atoms with Crippen LogP contribution in [0.15, 0.2) is 22.7 Å². The number of hydrogen-bond acceptors (Lipinski definition) is 3. The summed E-state index contributed by atoms with van der Waals surface area (Å²) in [6.07, 6.45) is 0. The number of ether oxygens (including phenoxy) is 1. The molecule has 1 aromatic rings. The number of esters is 1. The molecule has 20 heavy (non-hydrogen) atoms. The van der Waals surface area contributed by atoms with Crippen molar-refractivity contribution in [3.8, 4) is 0 Å². The summed E-state index contributed by atoms with van der Waals surface area (Å²) in [5.74, 6) is -0.453. The highest BCUT2D eigenvalue weighted by molar-refractivity contribution is 9.10. The number of nitrogens with two attached hydrogens (primary N) is 1. The fourth-order valence-corrected chi connectivity index (χ4v) is 2.54. The van der Waals surface area contributed by atoms with E-state index in [1.165, 1.54) is 0 Å². The normalized spacial score (nSPS) is 14.7. The number of carbonyl (C=O) groups is 1. The van der Waals surface area contributed by atoms with Gasteiger partial charge in [0.15, 0.2) is 0 Å². The van der Waals surface area contributed by atoms with Gasteiger partial charge in [0, 0.05) is 10.2 Å². The number of halogens is 1. The van der Waals surface area contributed by atoms with Gasteiger partial charge in [0.05, 0.1) is 12.5 Å². The molecule has 0 aliphatic carbocycles. The van der Waals surface area contributed by atoms with Crippen molar-refractivity contribution in [3.05, 3.63) is 28.2 Å². The Bertz CT molecular complexity index is 480. The van der Waals surface area contributed by atoms with Gasteiger partial charge in [-0.1, -0.05) is 39.8 Å². The Balaban J connectivity index is 3.30. The Labute approximate surface area is 130 Å². The van der Waals surface area contributed by atoms with E-state index in [2.05, 4.69) is 43.6 Å². The van der Waals surface area contributed by atoms with E-state index in [1.807, 2.05) is 25.1 Å². The molecule has 0 radical (unpaired) electrons. The number of para-hydroxylation sites is 1. The van der Waals surface area contributed by atoms with Gasteiger partial charge in [0.2, 0.25) is 0 Å². The highest BCUT2D eigenvalue weighted by Crippen LogP contribution is 2.41. The van der Waals surface area contributed by atoms with E-state index in [-0.39, 0.29) is 23.2 Å². The van der Waals surface area contributed by atoms with Gasteiger partial charge < -0.3 is 10.5 Å². The summed E-state index contributed by atoms with van der Waals surface area (Å²) in [6.45, 7) is 10.6. The van der Waals surface area contributed by atoms with E-state index in [9.17, 15) is 4.79 Å². The second kappa shape index (κ2) is 6.61. The molecule has 4 heteroatoms. The second-order valence-electron chi connectivity index (χ2n) is 6.13. The first-order valence-electron chi connectivity index (χ1n) is 6.90. The average molecular weight is 342 g/mol. The lowest BCUT2D eigenvalue weighted by molar-refractivity contribution is -0.147. The Morgan fingerprint density at radius 1 is 1.40 bits per heavy atom. The topological polar surface area (TPSA) is 52.3 Å². The smallest absolute Gasteiger partial charge is 0.313 e. The van der Waals surface area contributed by atoms with E-state index >= 15 is 0 Å². The van der Waals surface area contributed by atoms with Crippen LogP contribution in [0.5, 0.6) is 0 Å². The van der Waals surface area contributed by atoms with Crippen LogP contribution in [0.3, 0.4) is 0 Å². The maximum absolute atomic E-state index is 12.4. The standard InChI is InChI=1S/C16H24BrNO2/c1-6-20-15(19)13(10(2)16(3,4)5)11-8-7-9-12(17)14(11)18/h7-10,13H,6,18H2,1-5H3. The van der Waals surface area contributed by atoms with Gasteiger partial charge >= 0.3 is 5.97 Å². The van der Waals surface area contributed by atoms with E-state index in [0.29, 0.717) is 12.3 Å². The molecule has 0 aromatic heterocycles. The molecule has 0 bridgehead atoms. The first-order valence-corrected chi connectivity index (χ1v) is 7.70. The molecule has 0 heterocycles. The summed E-state index contributed by atoms with van der Waals surface area (Å²) in [5.41, 5.74) is 7.57. The van der Waals surface area contributed by atoms with Crippen LogP contribution < -0.4 is 5.73 Å². The van der Waals surface area contributed by atoms with E-state index < -0.39 is 0 Å². The summed E-state index contributed by atoms with van der Waals surface area (Å²) >= 11 is 3.42. The van der Waals surface area contributed by atoms with Crippen molar-refractivity contribution >= 4 is 27.6 Å². The summed E-state index contributed by atoms with van der Waals surface area (Å²) in [4.78, 5) is 12.4. The summed E-state index contributed by atoms with van der Waals surface area (Å²) in [6, 6.07) is 5.68. The van der Waals surface area contributed by atoms with E-state index in [0.717, 1.165) is 10.0 Å². The molecular formula is C16H24BrNO2. The van der Waals surface area contributed by atoms with Crippen LogP contribution in [-0.2, 0) is 9.53 Å². The molecule has 0 saturated heterocycles. The molecule has 1 rings (SSSR count). The second-order valence-corrected chi connectivity index (χ2v) is 6.98. The van der Waals surface area contributed by atoms with Crippen molar-refractivity contribution in [1.29, 1.82) is 0 Å². The lowest BCUT2D eigenvalue weighted by Gasteiger charge is -2.34. The van der Waals surface area contributed by atoms with Crippen molar-refractivity contribution in [3.63, 3.8) is 0 Å². The average Bonchev–Trinajstić information content (AvgIpc) is 2.34. The molecule has 1 aromatic carbocycles. The zero-order valence-electron chi connectivity index (χ0n) is 12.9. The SMILES string of the molecule is CCOC(=O)C(c1cccc(Br)c1N)C(C)C(C)(C)C. The Morgan fingerprint density at radius 2 is 2.00 bits per heavy atom. The summed E-state index contributed by atoms with van der Waals surface area (Å²) in [5, 5.41) is 0. The predicted octanol–water partition coefficient (Wildman–Crippen LogP) is 4.36. The van der Waals surface area contributed by atoms with Crippen molar-refractivity contribution in [2.45, 2.75) is 40.5 Å². The van der Waals surface area contributed by atoms with Crippen LogP contribution in [0.4, 0.5) is 5.69 Å². The van der Waals surface area contributed by atoms with Crippen molar-refractivity contribution in [1.82, 2.24) is 0 Å². The number of carbonyl (C=O) groups excluding carboxylic acids is 1. The molecule has 2 atom stereocenters. The first-order chi connectivity index (χ1) is 9.20. The molecule has 2 unspecified atom stereocenters. The van der Waals surface area contributed by atoms with Gasteiger partial charge in [-0.3, -0.25) is 4.79 Å². The lowest BCUT2D eigenvalue weighted by atomic mass is 9.71. The van der Waals surface area contributed by atoms with Crippen LogP contribution in [0.1, 0.15) is 46.1 Å². The molecule has 0 spiro atoms. The molecule has 0 amide bonds. The Morgan fingerprint density at radius 3 is 2.50 bits per heavy atom. The largest absolute Gasteiger partial charge is 0.466 e. The minimum atomic E-state index is -0.354. The minimum Gasteiger partial charge on any atom is -0.466 e. The van der Waals surface area contributed by atoms with Crippen molar-refractivity contribution < 1.29 is 9.53 Å². The quantitative estimate of drug-likeness (QED) is 0.653. The predicted molar refractivity (Wildman–Crippen MR) is 86.5 cm³/mol. The van der Waals surface area contributed by atoms with Crippen molar-refractivity contribution in [2.24, 2.45) is 11.3 Å². The number of nitrogen functional groups attached to an aromatic ring is 1. The van der Waals surface area contributed by atoms with Gasteiger partial charge in [-0.05, 0) is 45.8 Å². The number of hydrogen-bond donors (Lipinski definition) is 1. The van der Waals surface area contributed by atoms with Crippen LogP contribution in [0.2, 0.25) is 0 Å². The van der Waals surface area contributed by atoms with E-state index in [1.54, 1.807) is 0 Å². The third kappa shape index (κ3) is 3.75. The van der Waals surface area contributed by atoms with Crippen LogP contribution in [-0.4, -0.2) is 12.6 Å². The van der Waals surface area contributed by atoms with Crippen LogP contribution in [0, 0.1) is 11.3 Å². The fraction of sp³-hybridized carbons (Fsp3) is 0.562.